The summed E-state index contributed by atoms with van der Waals surface area (Å²) in [6.45, 7) is 0. The highest BCUT2D eigenvalue weighted by Crippen LogP contribution is 2.24. The molecule has 2 aromatic heterocycles. The van der Waals surface area contributed by atoms with Crippen LogP contribution in [-0.2, 0) is 0 Å². The van der Waals surface area contributed by atoms with E-state index in [1.807, 2.05) is 48.5 Å². The van der Waals surface area contributed by atoms with Gasteiger partial charge in [-0.05, 0) is 36.5 Å². The van der Waals surface area contributed by atoms with Gasteiger partial charge in [-0.1, -0.05) is 24.3 Å². The van der Waals surface area contributed by atoms with Gasteiger partial charge < -0.3 is 8.83 Å². The zero-order valence-corrected chi connectivity index (χ0v) is 10.6. The van der Waals surface area contributed by atoms with Crippen LogP contribution in [0.25, 0.3) is 28.2 Å². The number of benzene rings is 2. The zero-order chi connectivity index (χ0) is 12.8. The molecule has 19 heavy (non-hydrogen) atoms. The molecule has 0 spiro atoms. The van der Waals surface area contributed by atoms with Crippen molar-refractivity contribution in [3.63, 3.8) is 0 Å². The number of rotatable bonds is 1. The van der Waals surface area contributed by atoms with Gasteiger partial charge in [-0.3, -0.25) is 0 Å². The van der Waals surface area contributed by atoms with Crippen LogP contribution in [0.4, 0.5) is 0 Å². The van der Waals surface area contributed by atoms with Gasteiger partial charge in [-0.2, -0.15) is 4.98 Å². The second-order valence-electron chi connectivity index (χ2n) is 4.14. The van der Waals surface area contributed by atoms with Crippen LogP contribution in [-0.4, -0.2) is 9.55 Å². The first kappa shape index (κ1) is 10.5. The van der Waals surface area contributed by atoms with Gasteiger partial charge in [0.05, 0.1) is 5.52 Å². The van der Waals surface area contributed by atoms with Crippen molar-refractivity contribution in [1.82, 2.24) is 9.55 Å². The van der Waals surface area contributed by atoms with Crippen LogP contribution in [0, 0.1) is 4.84 Å². The normalized spacial score (nSPS) is 11.4. The Kier molecular flexibility index (Phi) is 2.10. The van der Waals surface area contributed by atoms with E-state index in [0.29, 0.717) is 10.9 Å². The van der Waals surface area contributed by atoms with E-state index in [1.54, 1.807) is 4.57 Å². The average Bonchev–Trinajstić information content (AvgIpc) is 2.97. The summed E-state index contributed by atoms with van der Waals surface area (Å²) in [4.78, 5) is 4.76. The highest BCUT2D eigenvalue weighted by Gasteiger charge is 2.13. The van der Waals surface area contributed by atoms with Crippen molar-refractivity contribution in [2.75, 3.05) is 0 Å². The molecule has 0 radical (unpaired) electrons. The van der Waals surface area contributed by atoms with Gasteiger partial charge in [0, 0.05) is 0 Å². The van der Waals surface area contributed by atoms with Gasteiger partial charge in [-0.15, -0.1) is 0 Å². The van der Waals surface area contributed by atoms with Crippen molar-refractivity contribution in [1.29, 1.82) is 0 Å². The van der Waals surface area contributed by atoms with Crippen LogP contribution in [0.3, 0.4) is 0 Å². The van der Waals surface area contributed by atoms with E-state index in [-0.39, 0.29) is 0 Å². The van der Waals surface area contributed by atoms with Crippen molar-refractivity contribution < 1.29 is 8.83 Å². The number of hydrogen-bond acceptors (Lipinski definition) is 4. The fourth-order valence-electron chi connectivity index (χ4n) is 2.10. The monoisotopic (exact) mass is 268 g/mol. The third-order valence-corrected chi connectivity index (χ3v) is 3.23. The Bertz CT molecular complexity index is 916. The van der Waals surface area contributed by atoms with Crippen LogP contribution >= 0.6 is 12.2 Å². The third kappa shape index (κ3) is 1.52. The molecule has 0 saturated carbocycles. The summed E-state index contributed by atoms with van der Waals surface area (Å²) < 4.78 is 13.0. The number of aromatic nitrogens is 2. The summed E-state index contributed by atoms with van der Waals surface area (Å²) in [5.41, 5.74) is 3.09. The van der Waals surface area contributed by atoms with Crippen LogP contribution in [0.5, 0.6) is 0 Å². The van der Waals surface area contributed by atoms with Crippen LogP contribution < -0.4 is 0 Å². The van der Waals surface area contributed by atoms with E-state index in [4.69, 9.17) is 21.1 Å². The molecule has 0 fully saturated rings. The van der Waals surface area contributed by atoms with Gasteiger partial charge >= 0.3 is 6.01 Å². The van der Waals surface area contributed by atoms with Gasteiger partial charge in [0.2, 0.25) is 0 Å². The Morgan fingerprint density at radius 2 is 1.63 bits per heavy atom. The van der Waals surface area contributed by atoms with Gasteiger partial charge in [0.25, 0.3) is 4.84 Å². The quantitative estimate of drug-likeness (QED) is 0.488. The maximum Gasteiger partial charge on any atom is 0.311 e. The minimum Gasteiger partial charge on any atom is -0.429 e. The van der Waals surface area contributed by atoms with Gasteiger partial charge in [0.15, 0.2) is 11.2 Å². The topological polar surface area (TPSA) is 44.1 Å². The predicted octanol–water partition coefficient (Wildman–Crippen LogP) is 4.09. The molecule has 4 nitrogen and oxygen atoms in total. The van der Waals surface area contributed by atoms with Crippen molar-refractivity contribution in [3.05, 3.63) is 53.4 Å². The molecule has 0 saturated heterocycles. The Labute approximate surface area is 112 Å². The zero-order valence-electron chi connectivity index (χ0n) is 9.74. The largest absolute Gasteiger partial charge is 0.429 e. The van der Waals surface area contributed by atoms with E-state index in [2.05, 4.69) is 4.98 Å². The Hall–Kier alpha value is -2.40. The summed E-state index contributed by atoms with van der Waals surface area (Å²) in [5.74, 6) is 0. The van der Waals surface area contributed by atoms with Crippen molar-refractivity contribution >= 4 is 34.4 Å². The summed E-state index contributed by atoms with van der Waals surface area (Å²) in [7, 11) is 0. The molecule has 0 aliphatic carbocycles. The highest BCUT2D eigenvalue weighted by atomic mass is 32.1. The highest BCUT2D eigenvalue weighted by molar-refractivity contribution is 7.71. The second kappa shape index (κ2) is 3.80. The summed E-state index contributed by atoms with van der Waals surface area (Å²) in [6.07, 6.45) is 0. The Balaban J connectivity index is 2.09. The van der Waals surface area contributed by atoms with E-state index in [0.717, 1.165) is 22.2 Å². The molecule has 2 heterocycles. The second-order valence-corrected chi connectivity index (χ2v) is 4.48. The smallest absolute Gasteiger partial charge is 0.311 e. The molecule has 92 valence electrons. The molecule has 0 atom stereocenters. The van der Waals surface area contributed by atoms with Crippen LogP contribution in [0.1, 0.15) is 0 Å². The first-order valence-corrected chi connectivity index (χ1v) is 6.20. The SMILES string of the molecule is S=c1oc2ccccc2n1-c1nc2ccccc2o1. The van der Waals surface area contributed by atoms with Gasteiger partial charge in [0.1, 0.15) is 5.52 Å². The molecule has 4 aromatic rings. The van der Waals surface area contributed by atoms with E-state index < -0.39 is 0 Å². The maximum atomic E-state index is 5.73. The lowest BCUT2D eigenvalue weighted by atomic mass is 10.3. The summed E-state index contributed by atoms with van der Waals surface area (Å²) >= 11 is 5.24. The third-order valence-electron chi connectivity index (χ3n) is 2.96. The number of para-hydroxylation sites is 4. The summed E-state index contributed by atoms with van der Waals surface area (Å²) in [6, 6.07) is 15.6. The van der Waals surface area contributed by atoms with Crippen LogP contribution in [0.2, 0.25) is 0 Å². The fourth-order valence-corrected chi connectivity index (χ4v) is 2.37. The Morgan fingerprint density at radius 1 is 0.895 bits per heavy atom. The number of hydrogen-bond donors (Lipinski definition) is 0. The lowest BCUT2D eigenvalue weighted by Gasteiger charge is -1.94. The van der Waals surface area contributed by atoms with Crippen molar-refractivity contribution in [3.8, 4) is 6.01 Å². The fraction of sp³-hybridized carbons (Fsp3) is 0. The lowest BCUT2D eigenvalue weighted by Crippen LogP contribution is -1.92. The minimum atomic E-state index is 0.327. The molecule has 5 heteroatoms. The van der Waals surface area contributed by atoms with Crippen molar-refractivity contribution in [2.45, 2.75) is 0 Å². The number of oxazole rings is 2. The molecule has 0 amide bonds. The standard InChI is InChI=1S/C14H8N2O2S/c19-14-16(10-6-2-4-8-12(10)18-14)13-15-9-5-1-3-7-11(9)17-13/h1-8H. The van der Waals surface area contributed by atoms with Crippen molar-refractivity contribution in [2.24, 2.45) is 0 Å². The maximum absolute atomic E-state index is 5.73. The first-order chi connectivity index (χ1) is 9.33. The summed E-state index contributed by atoms with van der Waals surface area (Å²) in [5, 5.41) is 0. The minimum absolute atomic E-state index is 0.327. The molecule has 0 N–H and O–H groups in total. The average molecular weight is 268 g/mol. The lowest BCUT2D eigenvalue weighted by molar-refractivity contribution is 0.523. The molecule has 4 rings (SSSR count). The van der Waals surface area contributed by atoms with E-state index >= 15 is 0 Å². The Morgan fingerprint density at radius 3 is 2.47 bits per heavy atom. The van der Waals surface area contributed by atoms with E-state index in [1.165, 1.54) is 0 Å². The molecule has 0 aliphatic heterocycles. The molecule has 0 unspecified atom stereocenters. The molecular weight excluding hydrogens is 260 g/mol. The van der Waals surface area contributed by atoms with Gasteiger partial charge in [-0.25, -0.2) is 4.57 Å². The molecular formula is C14H8N2O2S. The number of nitrogens with zero attached hydrogens (tertiary/aromatic N) is 2. The predicted molar refractivity (Wildman–Crippen MR) is 73.9 cm³/mol. The number of fused-ring (bicyclic) bond motifs is 2. The van der Waals surface area contributed by atoms with Crippen LogP contribution in [0.15, 0.2) is 57.4 Å². The van der Waals surface area contributed by atoms with E-state index in [9.17, 15) is 0 Å². The first-order valence-electron chi connectivity index (χ1n) is 5.79. The molecule has 0 aliphatic rings. The molecule has 0 bridgehead atoms. The molecule has 2 aromatic carbocycles.